The lowest BCUT2D eigenvalue weighted by molar-refractivity contribution is -0.112. The fraction of sp³-hybridized carbons (Fsp3) is 0.500. The van der Waals surface area contributed by atoms with Gasteiger partial charge >= 0.3 is 0 Å². The smallest absolute Gasteiger partial charge is 0.257 e. The molecular weight excluding hydrogens is 461 g/mol. The van der Waals surface area contributed by atoms with E-state index in [0.717, 1.165) is 44.6 Å². The number of fused-ring (bicyclic) bond motifs is 2. The summed E-state index contributed by atoms with van der Waals surface area (Å²) in [6.07, 6.45) is 11.0. The summed E-state index contributed by atoms with van der Waals surface area (Å²) in [6.45, 7) is 4.47. The molecule has 9 nitrogen and oxygen atoms in total. The highest BCUT2D eigenvalue weighted by atomic mass is 19.1. The second-order valence-corrected chi connectivity index (χ2v) is 10.3. The molecule has 6 rings (SSSR count). The normalized spacial score (nSPS) is 27.5. The third kappa shape index (κ3) is 4.18. The van der Waals surface area contributed by atoms with Gasteiger partial charge in [0.25, 0.3) is 5.91 Å². The topological polar surface area (TPSA) is 86.5 Å². The van der Waals surface area contributed by atoms with Gasteiger partial charge in [0.15, 0.2) is 11.5 Å². The largest absolute Gasteiger partial charge is 0.381 e. The van der Waals surface area contributed by atoms with E-state index >= 15 is 0 Å². The molecule has 2 aliphatic carbocycles. The van der Waals surface area contributed by atoms with Crippen LogP contribution >= 0.6 is 0 Å². The highest BCUT2D eigenvalue weighted by Crippen LogP contribution is 2.34. The molecule has 1 amide bonds. The van der Waals surface area contributed by atoms with Crippen LogP contribution in [0.15, 0.2) is 47.0 Å². The lowest BCUT2D eigenvalue weighted by Crippen LogP contribution is -2.50. The lowest BCUT2D eigenvalue weighted by atomic mass is 9.88. The first kappa shape index (κ1) is 23.2. The third-order valence-electron chi connectivity index (χ3n) is 7.69. The average Bonchev–Trinajstić information content (AvgIpc) is 3.52. The minimum atomic E-state index is -0.478. The van der Waals surface area contributed by atoms with Gasteiger partial charge in [0.2, 0.25) is 0 Å². The SMILES string of the molecule is COC1CC(N[C@H]2CCN(C3=CC=C(C(=O)Nc4cc(F)c5nc(C)cn5c4)C4=NN(C)CC34)C2)C1. The number of nitrogens with one attached hydrogen (secondary N) is 2. The molecule has 0 bridgehead atoms. The van der Waals surface area contributed by atoms with Gasteiger partial charge < -0.3 is 24.7 Å². The Morgan fingerprint density at radius 2 is 2.03 bits per heavy atom. The number of rotatable bonds is 6. The summed E-state index contributed by atoms with van der Waals surface area (Å²) >= 11 is 0. The Kier molecular flexibility index (Phi) is 5.80. The number of likely N-dealkylation sites (tertiary alicyclic amines) is 1. The number of hydrogen-bond acceptors (Lipinski definition) is 7. The Hall–Kier alpha value is -3.24. The van der Waals surface area contributed by atoms with Crippen molar-refractivity contribution in [1.82, 2.24) is 24.6 Å². The summed E-state index contributed by atoms with van der Waals surface area (Å²) in [5.74, 6) is -0.733. The van der Waals surface area contributed by atoms with Crippen molar-refractivity contribution in [3.8, 4) is 0 Å². The first-order chi connectivity index (χ1) is 17.4. The number of amides is 1. The number of methoxy groups -OCH3 is 1. The zero-order chi connectivity index (χ0) is 25.0. The highest BCUT2D eigenvalue weighted by Gasteiger charge is 2.40. The molecule has 1 unspecified atom stereocenters. The molecule has 10 heteroatoms. The van der Waals surface area contributed by atoms with E-state index in [1.165, 1.54) is 11.8 Å². The highest BCUT2D eigenvalue weighted by molar-refractivity contribution is 6.27. The van der Waals surface area contributed by atoms with Crippen LogP contribution in [0.3, 0.4) is 0 Å². The standard InChI is InChI=1S/C26H32FN7O2/c1-15-11-34-13-18(10-22(27)25(34)28-15)30-26(35)20-4-5-23(21-14-32(2)31-24(20)21)33-7-6-16(12-33)29-17-8-19(9-17)36-3/h4-5,10-11,13,16-17,19,21,29H,6-9,12,14H2,1-3H3,(H,30,35)/t16-,17?,19?,21?/m0/s1. The summed E-state index contributed by atoms with van der Waals surface area (Å²) in [5.41, 5.74) is 3.83. The minimum absolute atomic E-state index is 0.0385. The lowest BCUT2D eigenvalue weighted by Gasteiger charge is -2.37. The summed E-state index contributed by atoms with van der Waals surface area (Å²) in [5, 5.41) is 13.2. The van der Waals surface area contributed by atoms with Gasteiger partial charge in [0.05, 0.1) is 34.7 Å². The van der Waals surface area contributed by atoms with Gasteiger partial charge in [0.1, 0.15) is 0 Å². The molecule has 2 fully saturated rings. The molecule has 4 heterocycles. The zero-order valence-corrected chi connectivity index (χ0v) is 20.9. The maximum absolute atomic E-state index is 14.5. The fourth-order valence-corrected chi connectivity index (χ4v) is 5.81. The van der Waals surface area contributed by atoms with Crippen LogP contribution in [-0.4, -0.2) is 82.9 Å². The maximum Gasteiger partial charge on any atom is 0.257 e. The molecule has 1 saturated heterocycles. The summed E-state index contributed by atoms with van der Waals surface area (Å²) in [4.78, 5) is 19.9. The molecule has 190 valence electrons. The van der Waals surface area contributed by atoms with Crippen LogP contribution in [0, 0.1) is 18.7 Å². The van der Waals surface area contributed by atoms with Gasteiger partial charge in [0, 0.05) is 70.0 Å². The molecule has 2 N–H and O–H groups in total. The van der Waals surface area contributed by atoms with Gasteiger partial charge in [-0.1, -0.05) is 0 Å². The number of hydrazone groups is 1. The first-order valence-corrected chi connectivity index (χ1v) is 12.6. The second kappa shape index (κ2) is 9.01. The number of allylic oxidation sites excluding steroid dienone is 2. The number of nitrogens with zero attached hydrogens (tertiary/aromatic N) is 5. The van der Waals surface area contributed by atoms with Crippen molar-refractivity contribution < 1.29 is 13.9 Å². The predicted molar refractivity (Wildman–Crippen MR) is 135 cm³/mol. The Balaban J connectivity index is 1.18. The summed E-state index contributed by atoms with van der Waals surface area (Å²) < 4.78 is 21.5. The van der Waals surface area contributed by atoms with Crippen LogP contribution in [-0.2, 0) is 9.53 Å². The van der Waals surface area contributed by atoms with Crippen LogP contribution in [0.5, 0.6) is 0 Å². The van der Waals surface area contributed by atoms with E-state index in [0.29, 0.717) is 35.1 Å². The van der Waals surface area contributed by atoms with Crippen LogP contribution < -0.4 is 10.6 Å². The number of ether oxygens (including phenoxy) is 1. The Bertz CT molecular complexity index is 1290. The summed E-state index contributed by atoms with van der Waals surface area (Å²) in [6, 6.07) is 2.30. The minimum Gasteiger partial charge on any atom is -0.381 e. The van der Waals surface area contributed by atoms with Crippen molar-refractivity contribution in [3.05, 3.63) is 53.4 Å². The third-order valence-corrected chi connectivity index (χ3v) is 7.69. The second-order valence-electron chi connectivity index (χ2n) is 10.3. The van der Waals surface area contributed by atoms with Crippen molar-refractivity contribution in [3.63, 3.8) is 0 Å². The van der Waals surface area contributed by atoms with Crippen molar-refractivity contribution in [1.29, 1.82) is 0 Å². The number of carbonyl (C=O) groups excluding carboxylic acids is 1. The van der Waals surface area contributed by atoms with Gasteiger partial charge in [-0.25, -0.2) is 9.37 Å². The van der Waals surface area contributed by atoms with E-state index in [4.69, 9.17) is 4.74 Å². The number of anilines is 1. The monoisotopic (exact) mass is 493 g/mol. The molecule has 2 aromatic rings. The van der Waals surface area contributed by atoms with Gasteiger partial charge in [-0.05, 0) is 38.3 Å². The Labute approximate surface area is 209 Å². The van der Waals surface area contributed by atoms with E-state index in [9.17, 15) is 9.18 Å². The molecule has 0 spiro atoms. The first-order valence-electron chi connectivity index (χ1n) is 12.6. The average molecular weight is 494 g/mol. The molecule has 2 aromatic heterocycles. The van der Waals surface area contributed by atoms with Gasteiger partial charge in [-0.15, -0.1) is 0 Å². The number of hydrogen-bond donors (Lipinski definition) is 2. The number of pyridine rings is 1. The number of aromatic nitrogens is 2. The van der Waals surface area contributed by atoms with Gasteiger partial charge in [-0.2, -0.15) is 5.10 Å². The molecular formula is C26H32FN7O2. The summed E-state index contributed by atoms with van der Waals surface area (Å²) in [7, 11) is 3.71. The molecule has 36 heavy (non-hydrogen) atoms. The maximum atomic E-state index is 14.5. The molecule has 2 aliphatic heterocycles. The van der Waals surface area contributed by atoms with Crippen molar-refractivity contribution in [2.45, 2.75) is 44.4 Å². The van der Waals surface area contributed by atoms with Crippen LogP contribution in [0.2, 0.25) is 0 Å². The number of aryl methyl sites for hydroxylation is 1. The number of imidazole rings is 1. The van der Waals surface area contributed by atoms with E-state index < -0.39 is 5.82 Å². The van der Waals surface area contributed by atoms with E-state index in [2.05, 4.69) is 31.7 Å². The Morgan fingerprint density at radius 3 is 2.83 bits per heavy atom. The van der Waals surface area contributed by atoms with Gasteiger partial charge in [-0.3, -0.25) is 9.80 Å². The van der Waals surface area contributed by atoms with Crippen molar-refractivity contribution >= 4 is 23.0 Å². The van der Waals surface area contributed by atoms with Crippen molar-refractivity contribution in [2.75, 3.05) is 39.1 Å². The Morgan fingerprint density at radius 1 is 1.19 bits per heavy atom. The van der Waals surface area contributed by atoms with Crippen molar-refractivity contribution in [2.24, 2.45) is 11.0 Å². The van der Waals surface area contributed by atoms with E-state index in [-0.39, 0.29) is 17.5 Å². The van der Waals surface area contributed by atoms with Crippen LogP contribution in [0.1, 0.15) is 25.0 Å². The number of halogens is 1. The number of carbonyl (C=O) groups is 1. The fourth-order valence-electron chi connectivity index (χ4n) is 5.81. The molecule has 0 aromatic carbocycles. The molecule has 4 aliphatic rings. The van der Waals surface area contributed by atoms with E-state index in [1.54, 1.807) is 30.8 Å². The molecule has 0 radical (unpaired) electrons. The van der Waals surface area contributed by atoms with Crippen LogP contribution in [0.25, 0.3) is 5.65 Å². The zero-order valence-electron chi connectivity index (χ0n) is 20.9. The quantitative estimate of drug-likeness (QED) is 0.642. The molecule has 1 saturated carbocycles. The van der Waals surface area contributed by atoms with Crippen LogP contribution in [0.4, 0.5) is 10.1 Å². The predicted octanol–water partition coefficient (Wildman–Crippen LogP) is 2.30. The van der Waals surface area contributed by atoms with E-state index in [1.807, 2.05) is 18.1 Å². The molecule has 2 atom stereocenters.